The first-order chi connectivity index (χ1) is 22.8. The van der Waals surface area contributed by atoms with Crippen molar-refractivity contribution in [3.05, 3.63) is 140 Å². The molecule has 0 spiro atoms. The Bertz CT molecular complexity index is 2780. The molecule has 0 aliphatic carbocycles. The zero-order valence-corrected chi connectivity index (χ0v) is 24.4. The lowest BCUT2D eigenvalue weighted by Gasteiger charge is -2.13. The molecule has 10 aromatic rings. The van der Waals surface area contributed by atoms with Crippen molar-refractivity contribution in [3.8, 4) is 28.7 Å². The number of furan rings is 1. The summed E-state index contributed by atoms with van der Waals surface area (Å²) in [5, 5.41) is 8.93. The van der Waals surface area contributed by atoms with Crippen LogP contribution in [0, 0.1) is 0 Å². The van der Waals surface area contributed by atoms with E-state index in [0.717, 1.165) is 71.0 Å². The van der Waals surface area contributed by atoms with Crippen LogP contribution in [0.3, 0.4) is 0 Å². The van der Waals surface area contributed by atoms with Gasteiger partial charge < -0.3 is 4.42 Å². The van der Waals surface area contributed by atoms with Crippen LogP contribution >= 0.6 is 0 Å². The number of rotatable bonds is 3. The molecule has 214 valence electrons. The molecule has 0 atom stereocenters. The van der Waals surface area contributed by atoms with E-state index in [-0.39, 0.29) is 0 Å². The lowest BCUT2D eigenvalue weighted by atomic mass is 9.97. The number of pyridine rings is 1. The molecule has 6 aromatic carbocycles. The Morgan fingerprint density at radius 1 is 0.478 bits per heavy atom. The van der Waals surface area contributed by atoms with Crippen molar-refractivity contribution in [2.75, 3.05) is 0 Å². The summed E-state index contributed by atoms with van der Waals surface area (Å²) in [7, 11) is 0. The van der Waals surface area contributed by atoms with E-state index in [0.29, 0.717) is 17.6 Å². The van der Waals surface area contributed by atoms with Gasteiger partial charge in [0.05, 0.1) is 17.2 Å². The topological polar surface area (TPSA) is 69.6 Å². The molecule has 0 aliphatic rings. The van der Waals surface area contributed by atoms with E-state index < -0.39 is 0 Å². The second-order valence-corrected chi connectivity index (χ2v) is 11.5. The first-order valence-corrected chi connectivity index (χ1v) is 15.2. The van der Waals surface area contributed by atoms with Crippen LogP contribution in [-0.2, 0) is 0 Å². The number of para-hydroxylation sites is 2. The first kappa shape index (κ1) is 25.0. The van der Waals surface area contributed by atoms with Gasteiger partial charge >= 0.3 is 0 Å². The van der Waals surface area contributed by atoms with Gasteiger partial charge in [-0.2, -0.15) is 9.97 Å². The molecule has 6 nitrogen and oxygen atoms in total. The van der Waals surface area contributed by atoms with Gasteiger partial charge in [-0.15, -0.1) is 0 Å². The van der Waals surface area contributed by atoms with Crippen LogP contribution in [0.1, 0.15) is 0 Å². The predicted molar refractivity (Wildman–Crippen MR) is 185 cm³/mol. The van der Waals surface area contributed by atoms with Gasteiger partial charge in [-0.1, -0.05) is 91.0 Å². The van der Waals surface area contributed by atoms with Crippen molar-refractivity contribution in [2.24, 2.45) is 0 Å². The Labute approximate surface area is 262 Å². The summed E-state index contributed by atoms with van der Waals surface area (Å²) in [6, 6.07) is 44.1. The van der Waals surface area contributed by atoms with E-state index in [1.54, 1.807) is 12.4 Å². The fourth-order valence-electron chi connectivity index (χ4n) is 6.86. The van der Waals surface area contributed by atoms with Gasteiger partial charge in [0.15, 0.2) is 17.2 Å². The lowest BCUT2D eigenvalue weighted by molar-refractivity contribution is 0.667. The molecule has 0 bridgehead atoms. The molecule has 4 aromatic heterocycles. The molecule has 10 rings (SSSR count). The maximum absolute atomic E-state index is 6.21. The molecule has 0 unspecified atom stereocenters. The molecule has 0 saturated heterocycles. The molecule has 0 N–H and O–H groups in total. The van der Waals surface area contributed by atoms with Gasteiger partial charge in [0.25, 0.3) is 0 Å². The monoisotopic (exact) mass is 589 g/mol. The minimum atomic E-state index is 0.559. The van der Waals surface area contributed by atoms with Gasteiger partial charge in [0.1, 0.15) is 5.58 Å². The van der Waals surface area contributed by atoms with E-state index in [1.807, 2.05) is 12.1 Å². The van der Waals surface area contributed by atoms with Crippen LogP contribution in [-0.4, -0.2) is 24.5 Å². The maximum atomic E-state index is 6.21. The molecule has 0 amide bonds. The molecule has 6 heteroatoms. The summed E-state index contributed by atoms with van der Waals surface area (Å²) in [4.78, 5) is 19.8. The third-order valence-electron chi connectivity index (χ3n) is 8.95. The summed E-state index contributed by atoms with van der Waals surface area (Å²) < 4.78 is 8.36. The molecule has 4 heterocycles. The van der Waals surface area contributed by atoms with Gasteiger partial charge in [-0.3, -0.25) is 9.55 Å². The van der Waals surface area contributed by atoms with E-state index in [4.69, 9.17) is 19.4 Å². The zero-order chi connectivity index (χ0) is 30.2. The Hall–Kier alpha value is -6.40. The highest BCUT2D eigenvalue weighted by Gasteiger charge is 2.20. The van der Waals surface area contributed by atoms with Crippen LogP contribution in [0.4, 0.5) is 0 Å². The molecule has 46 heavy (non-hydrogen) atoms. The van der Waals surface area contributed by atoms with Crippen molar-refractivity contribution in [1.82, 2.24) is 24.5 Å². The second-order valence-electron chi connectivity index (χ2n) is 11.5. The molecule has 0 saturated carbocycles. The van der Waals surface area contributed by atoms with Crippen molar-refractivity contribution in [2.45, 2.75) is 0 Å². The predicted octanol–water partition coefficient (Wildman–Crippen LogP) is 9.90. The second kappa shape index (κ2) is 9.55. The summed E-state index contributed by atoms with van der Waals surface area (Å²) in [5.41, 5.74) is 5.38. The standard InChI is InChI=1S/C40H23N5O/c1-2-10-26-24(9-1)21-33(28-12-4-3-11-27(26)28)39-42-38(25-17-18-31-32-19-20-41-23-37(32)46-36(31)22-25)43-40(44-39)45-34-15-7-5-13-29(34)30-14-6-8-16-35(30)45/h1-23H. The summed E-state index contributed by atoms with van der Waals surface area (Å²) in [5.74, 6) is 1.74. The number of nitrogens with zero attached hydrogens (tertiary/aromatic N) is 5. The Kier molecular flexibility index (Phi) is 5.19. The number of fused-ring (bicyclic) bond motifs is 9. The van der Waals surface area contributed by atoms with E-state index in [1.165, 1.54) is 5.39 Å². The van der Waals surface area contributed by atoms with Crippen LogP contribution < -0.4 is 0 Å². The third kappa shape index (κ3) is 3.64. The summed E-state index contributed by atoms with van der Waals surface area (Å²) >= 11 is 0. The number of benzene rings is 6. The average molecular weight is 590 g/mol. The first-order valence-electron chi connectivity index (χ1n) is 15.2. The fourth-order valence-corrected chi connectivity index (χ4v) is 6.86. The average Bonchev–Trinajstić information content (AvgIpc) is 3.66. The van der Waals surface area contributed by atoms with Crippen molar-refractivity contribution in [3.63, 3.8) is 0 Å². The van der Waals surface area contributed by atoms with Crippen molar-refractivity contribution >= 4 is 65.3 Å². The van der Waals surface area contributed by atoms with Crippen molar-refractivity contribution < 1.29 is 4.42 Å². The highest BCUT2D eigenvalue weighted by atomic mass is 16.3. The van der Waals surface area contributed by atoms with E-state index in [9.17, 15) is 0 Å². The van der Waals surface area contributed by atoms with Crippen LogP contribution in [0.25, 0.3) is 94.0 Å². The largest absolute Gasteiger partial charge is 0.454 e. The minimum absolute atomic E-state index is 0.559. The number of hydrogen-bond acceptors (Lipinski definition) is 5. The van der Waals surface area contributed by atoms with E-state index >= 15 is 0 Å². The molecule has 0 fully saturated rings. The Balaban J connectivity index is 1.30. The maximum Gasteiger partial charge on any atom is 0.238 e. The lowest BCUT2D eigenvalue weighted by Crippen LogP contribution is -2.06. The minimum Gasteiger partial charge on any atom is -0.454 e. The Morgan fingerprint density at radius 2 is 1.13 bits per heavy atom. The highest BCUT2D eigenvalue weighted by molar-refractivity contribution is 6.13. The Morgan fingerprint density at radius 3 is 1.93 bits per heavy atom. The van der Waals surface area contributed by atoms with Crippen LogP contribution in [0.2, 0.25) is 0 Å². The van der Waals surface area contributed by atoms with Crippen LogP contribution in [0.5, 0.6) is 0 Å². The molecular formula is C40H23N5O. The number of aromatic nitrogens is 5. The van der Waals surface area contributed by atoms with Gasteiger partial charge in [0, 0.05) is 38.9 Å². The highest BCUT2D eigenvalue weighted by Crippen LogP contribution is 2.37. The van der Waals surface area contributed by atoms with E-state index in [2.05, 4.69) is 125 Å². The van der Waals surface area contributed by atoms with Crippen molar-refractivity contribution in [1.29, 1.82) is 0 Å². The summed E-state index contributed by atoms with van der Waals surface area (Å²) in [6.45, 7) is 0. The SMILES string of the molecule is c1ccc2c(c1)cc(-c1nc(-c3ccc4c(c3)oc3cnccc34)nc(-n3c4ccccc4c4ccccc43)n1)c1ccccc12. The zero-order valence-electron chi connectivity index (χ0n) is 24.4. The van der Waals surface area contributed by atoms with Gasteiger partial charge in [-0.25, -0.2) is 4.98 Å². The fraction of sp³-hybridized carbons (Fsp3) is 0. The molecule has 0 radical (unpaired) electrons. The summed E-state index contributed by atoms with van der Waals surface area (Å²) in [6.07, 6.45) is 3.54. The normalized spacial score (nSPS) is 11.9. The molecular weight excluding hydrogens is 566 g/mol. The number of hydrogen-bond donors (Lipinski definition) is 0. The van der Waals surface area contributed by atoms with Gasteiger partial charge in [0.2, 0.25) is 5.95 Å². The smallest absolute Gasteiger partial charge is 0.238 e. The third-order valence-corrected chi connectivity index (χ3v) is 8.95. The molecule has 0 aliphatic heterocycles. The van der Waals surface area contributed by atoms with Gasteiger partial charge in [-0.05, 0) is 57.9 Å². The quantitative estimate of drug-likeness (QED) is 0.192. The van der Waals surface area contributed by atoms with Crippen LogP contribution in [0.15, 0.2) is 144 Å².